The lowest BCUT2D eigenvalue weighted by Gasteiger charge is -2.35. The number of carbonyl (C=O) groups is 1. The van der Waals surface area contributed by atoms with Crippen LogP contribution in [-0.4, -0.2) is 31.4 Å². The average Bonchev–Trinajstić information content (AvgIpc) is 2.94. The summed E-state index contributed by atoms with van der Waals surface area (Å²) in [6.07, 6.45) is 10.5. The number of allylic oxidation sites excluding steroid dienone is 2. The summed E-state index contributed by atoms with van der Waals surface area (Å²) in [5, 5.41) is 0. The highest BCUT2D eigenvalue weighted by molar-refractivity contribution is 5.96. The van der Waals surface area contributed by atoms with Crippen LogP contribution in [0.15, 0.2) is 11.8 Å². The minimum absolute atomic E-state index is 0.0852. The van der Waals surface area contributed by atoms with Crippen LogP contribution in [0.4, 0.5) is 0 Å². The van der Waals surface area contributed by atoms with Crippen LogP contribution < -0.4 is 0 Å². The first-order chi connectivity index (χ1) is 10.9. The zero-order valence-corrected chi connectivity index (χ0v) is 14.5. The van der Waals surface area contributed by atoms with Gasteiger partial charge in [0.1, 0.15) is 0 Å². The van der Waals surface area contributed by atoms with E-state index in [0.29, 0.717) is 45.0 Å². The quantitative estimate of drug-likeness (QED) is 0.674. The summed E-state index contributed by atoms with van der Waals surface area (Å²) in [5.74, 6) is 3.42. The second-order valence-electron chi connectivity index (χ2n) is 7.17. The third-order valence-electron chi connectivity index (χ3n) is 4.66. The van der Waals surface area contributed by atoms with Crippen molar-refractivity contribution in [2.75, 3.05) is 19.8 Å². The normalized spacial score (nSPS) is 26.9. The molecule has 4 nitrogen and oxygen atoms in total. The fourth-order valence-corrected chi connectivity index (χ4v) is 3.12. The zero-order valence-electron chi connectivity index (χ0n) is 14.5. The van der Waals surface area contributed by atoms with E-state index in [1.165, 1.54) is 0 Å². The summed E-state index contributed by atoms with van der Waals surface area (Å²) < 4.78 is 17.0. The lowest BCUT2D eigenvalue weighted by molar-refractivity contribution is -0.154. The van der Waals surface area contributed by atoms with Crippen LogP contribution in [0.2, 0.25) is 0 Å². The third-order valence-corrected chi connectivity index (χ3v) is 4.66. The molecule has 2 aliphatic rings. The van der Waals surface area contributed by atoms with Gasteiger partial charge in [0.25, 0.3) is 0 Å². The minimum atomic E-state index is -0.583. The Hall–Kier alpha value is -1.31. The third kappa shape index (κ3) is 4.59. The summed E-state index contributed by atoms with van der Waals surface area (Å²) in [6, 6.07) is 0. The van der Waals surface area contributed by atoms with Crippen LogP contribution in [0.5, 0.6) is 0 Å². The van der Waals surface area contributed by atoms with Gasteiger partial charge in [0.05, 0.1) is 25.6 Å². The van der Waals surface area contributed by atoms with Gasteiger partial charge >= 0.3 is 0 Å². The second kappa shape index (κ2) is 7.51. The molecule has 0 bridgehead atoms. The van der Waals surface area contributed by atoms with Gasteiger partial charge in [-0.3, -0.25) is 4.79 Å². The maximum Gasteiger partial charge on any atom is 0.166 e. The molecule has 0 radical (unpaired) electrons. The molecule has 1 unspecified atom stereocenters. The van der Waals surface area contributed by atoms with Gasteiger partial charge in [-0.05, 0) is 25.7 Å². The molecule has 1 fully saturated rings. The fraction of sp³-hybridized carbons (Fsp3) is 0.737. The zero-order chi connectivity index (χ0) is 16.9. The van der Waals surface area contributed by atoms with E-state index in [0.717, 1.165) is 18.6 Å². The molecule has 0 N–H and O–H groups in total. The van der Waals surface area contributed by atoms with E-state index >= 15 is 0 Å². The highest BCUT2D eigenvalue weighted by atomic mass is 16.7. The van der Waals surface area contributed by atoms with Gasteiger partial charge in [-0.1, -0.05) is 13.8 Å². The van der Waals surface area contributed by atoms with Gasteiger partial charge < -0.3 is 14.2 Å². The van der Waals surface area contributed by atoms with Crippen molar-refractivity contribution in [2.45, 2.75) is 58.7 Å². The first-order valence-electron chi connectivity index (χ1n) is 8.48. The average molecular weight is 320 g/mol. The lowest BCUT2D eigenvalue weighted by atomic mass is 9.69. The Labute approximate surface area is 139 Å². The molecule has 1 saturated heterocycles. The molecule has 0 aromatic rings. The van der Waals surface area contributed by atoms with Gasteiger partial charge in [0, 0.05) is 30.8 Å². The van der Waals surface area contributed by atoms with Gasteiger partial charge in [-0.2, -0.15) is 0 Å². The number of ether oxygens (including phenoxy) is 3. The van der Waals surface area contributed by atoms with Gasteiger partial charge in [0.15, 0.2) is 11.6 Å². The summed E-state index contributed by atoms with van der Waals surface area (Å²) in [7, 11) is 0. The fourth-order valence-electron chi connectivity index (χ4n) is 3.12. The van der Waals surface area contributed by atoms with Gasteiger partial charge in [0.2, 0.25) is 0 Å². The SMILES string of the molecule is C#CCC1(CCC2(C)OCCO2)CCC(OCC(C)C)=CC1=O. The number of ketones is 1. The number of hydrogen-bond acceptors (Lipinski definition) is 4. The Morgan fingerprint density at radius 3 is 2.61 bits per heavy atom. The number of rotatable bonds is 7. The molecule has 4 heteroatoms. The van der Waals surface area contributed by atoms with Crippen LogP contribution in [0, 0.1) is 23.7 Å². The van der Waals surface area contributed by atoms with Crippen molar-refractivity contribution in [3.63, 3.8) is 0 Å². The molecule has 128 valence electrons. The second-order valence-corrected chi connectivity index (χ2v) is 7.17. The van der Waals surface area contributed by atoms with Crippen molar-refractivity contribution < 1.29 is 19.0 Å². The highest BCUT2D eigenvalue weighted by Crippen LogP contribution is 2.42. The van der Waals surface area contributed by atoms with E-state index < -0.39 is 11.2 Å². The summed E-state index contributed by atoms with van der Waals surface area (Å²) in [5.41, 5.74) is -0.502. The summed E-state index contributed by atoms with van der Waals surface area (Å²) >= 11 is 0. The van der Waals surface area contributed by atoms with Crippen LogP contribution in [-0.2, 0) is 19.0 Å². The van der Waals surface area contributed by atoms with Crippen LogP contribution in [0.3, 0.4) is 0 Å². The standard InChI is InChI=1S/C19H28O4/c1-5-7-19(10-9-18(4)22-11-12-23-18)8-6-16(13-17(19)20)21-14-15(2)3/h1,13,15H,6-12,14H2,2-4H3. The smallest absolute Gasteiger partial charge is 0.166 e. The molecule has 0 aromatic heterocycles. The summed E-state index contributed by atoms with van der Waals surface area (Å²) in [4.78, 5) is 12.7. The van der Waals surface area contributed by atoms with Gasteiger partial charge in [-0.15, -0.1) is 12.3 Å². The molecule has 1 atom stereocenters. The molecule has 1 aliphatic carbocycles. The Balaban J connectivity index is 2.03. The van der Waals surface area contributed by atoms with Crippen LogP contribution in [0.25, 0.3) is 0 Å². The molecule has 1 heterocycles. The Bertz CT molecular complexity index is 494. The minimum Gasteiger partial charge on any atom is -0.498 e. The van der Waals surface area contributed by atoms with Crippen molar-refractivity contribution in [3.05, 3.63) is 11.8 Å². The molecular formula is C19H28O4. The number of terminal acetylenes is 1. The molecule has 0 saturated carbocycles. The van der Waals surface area contributed by atoms with E-state index in [4.69, 9.17) is 20.6 Å². The van der Waals surface area contributed by atoms with E-state index in [1.807, 2.05) is 6.92 Å². The first-order valence-corrected chi connectivity index (χ1v) is 8.48. The van der Waals surface area contributed by atoms with Crippen LogP contribution >= 0.6 is 0 Å². The molecule has 1 aliphatic heterocycles. The van der Waals surface area contributed by atoms with E-state index in [9.17, 15) is 4.79 Å². The van der Waals surface area contributed by atoms with Crippen molar-refractivity contribution in [1.29, 1.82) is 0 Å². The van der Waals surface area contributed by atoms with Crippen LogP contribution in [0.1, 0.15) is 52.9 Å². The maximum atomic E-state index is 12.7. The van der Waals surface area contributed by atoms with Crippen molar-refractivity contribution in [2.24, 2.45) is 11.3 Å². The Morgan fingerprint density at radius 1 is 1.35 bits per heavy atom. The molecule has 2 rings (SSSR count). The van der Waals surface area contributed by atoms with Crippen molar-refractivity contribution in [1.82, 2.24) is 0 Å². The Kier molecular flexibility index (Phi) is 5.89. The molecule has 0 aromatic carbocycles. The monoisotopic (exact) mass is 320 g/mol. The lowest BCUT2D eigenvalue weighted by Crippen LogP contribution is -2.36. The highest BCUT2D eigenvalue weighted by Gasteiger charge is 2.42. The number of hydrogen-bond donors (Lipinski definition) is 0. The van der Waals surface area contributed by atoms with E-state index in [2.05, 4.69) is 19.8 Å². The predicted molar refractivity (Wildman–Crippen MR) is 88.5 cm³/mol. The predicted octanol–water partition coefficient (Wildman–Crippen LogP) is 3.46. The van der Waals surface area contributed by atoms with Crippen molar-refractivity contribution in [3.8, 4) is 12.3 Å². The number of carbonyl (C=O) groups excluding carboxylic acids is 1. The molecule has 0 spiro atoms. The molecule has 23 heavy (non-hydrogen) atoms. The summed E-state index contributed by atoms with van der Waals surface area (Å²) in [6.45, 7) is 7.98. The van der Waals surface area contributed by atoms with E-state index in [-0.39, 0.29) is 5.78 Å². The topological polar surface area (TPSA) is 44.8 Å². The van der Waals surface area contributed by atoms with Gasteiger partial charge in [-0.25, -0.2) is 0 Å². The molecule has 0 amide bonds. The van der Waals surface area contributed by atoms with E-state index in [1.54, 1.807) is 6.08 Å². The largest absolute Gasteiger partial charge is 0.498 e. The first kappa shape index (κ1) is 18.0. The Morgan fingerprint density at radius 2 is 2.04 bits per heavy atom. The van der Waals surface area contributed by atoms with Crippen molar-refractivity contribution >= 4 is 5.78 Å². The molecular weight excluding hydrogens is 292 g/mol. The maximum absolute atomic E-state index is 12.7.